The number of rotatable bonds is 3. The van der Waals surface area contributed by atoms with E-state index in [1.54, 1.807) is 6.20 Å². The molecule has 0 bridgehead atoms. The molecule has 1 saturated heterocycles. The number of nitrogen functional groups attached to an aromatic ring is 1. The number of thiazole rings is 1. The van der Waals surface area contributed by atoms with Crippen molar-refractivity contribution in [1.82, 2.24) is 4.98 Å². The fourth-order valence-electron chi connectivity index (χ4n) is 2.38. The van der Waals surface area contributed by atoms with Gasteiger partial charge in [-0.15, -0.1) is 0 Å². The molecule has 0 unspecified atom stereocenters. The molecule has 100 valence electrons. The molecule has 3 N–H and O–H groups in total. The SMILES string of the molecule is Nc1cnc(Nc2ccc(N3CCCCC3)cc2)s1. The van der Waals surface area contributed by atoms with Gasteiger partial charge in [0.1, 0.15) is 5.00 Å². The van der Waals surface area contributed by atoms with Crippen LogP contribution in [0.3, 0.4) is 0 Å². The Labute approximate surface area is 117 Å². The molecule has 2 aromatic rings. The Morgan fingerprint density at radius 1 is 1.11 bits per heavy atom. The molecule has 5 heteroatoms. The van der Waals surface area contributed by atoms with Crippen LogP contribution < -0.4 is 16.0 Å². The van der Waals surface area contributed by atoms with E-state index in [1.165, 1.54) is 49.4 Å². The van der Waals surface area contributed by atoms with E-state index in [4.69, 9.17) is 5.73 Å². The molecular formula is C14H18N4S. The zero-order valence-corrected chi connectivity index (χ0v) is 11.6. The molecule has 0 amide bonds. The molecule has 0 aliphatic carbocycles. The number of benzene rings is 1. The highest BCUT2D eigenvalue weighted by Gasteiger charge is 2.10. The van der Waals surface area contributed by atoms with Gasteiger partial charge in [-0.3, -0.25) is 0 Å². The Hall–Kier alpha value is -1.75. The Morgan fingerprint density at radius 2 is 1.84 bits per heavy atom. The first-order valence-electron chi connectivity index (χ1n) is 6.64. The lowest BCUT2D eigenvalue weighted by molar-refractivity contribution is 0.578. The first-order valence-corrected chi connectivity index (χ1v) is 7.46. The normalized spacial score (nSPS) is 15.5. The molecule has 0 saturated carbocycles. The summed E-state index contributed by atoms with van der Waals surface area (Å²) in [4.78, 5) is 6.65. The number of nitrogens with one attached hydrogen (secondary N) is 1. The summed E-state index contributed by atoms with van der Waals surface area (Å²) in [5.74, 6) is 0. The van der Waals surface area contributed by atoms with E-state index in [0.29, 0.717) is 0 Å². The van der Waals surface area contributed by atoms with Crippen LogP contribution in [0.4, 0.5) is 21.5 Å². The van der Waals surface area contributed by atoms with Crippen LogP contribution in [0.15, 0.2) is 30.5 Å². The second kappa shape index (κ2) is 5.48. The van der Waals surface area contributed by atoms with Crippen LogP contribution >= 0.6 is 11.3 Å². The van der Waals surface area contributed by atoms with Crippen LogP contribution in [0.25, 0.3) is 0 Å². The van der Waals surface area contributed by atoms with Gasteiger partial charge in [0.15, 0.2) is 5.13 Å². The predicted molar refractivity (Wildman–Crippen MR) is 82.3 cm³/mol. The topological polar surface area (TPSA) is 54.2 Å². The zero-order valence-electron chi connectivity index (χ0n) is 10.8. The number of aromatic nitrogens is 1. The minimum absolute atomic E-state index is 0.729. The maximum absolute atomic E-state index is 5.66. The van der Waals surface area contributed by atoms with Crippen molar-refractivity contribution in [3.63, 3.8) is 0 Å². The van der Waals surface area contributed by atoms with Crippen molar-refractivity contribution in [2.24, 2.45) is 0 Å². The number of anilines is 4. The maximum Gasteiger partial charge on any atom is 0.189 e. The number of piperidine rings is 1. The fraction of sp³-hybridized carbons (Fsp3) is 0.357. The number of hydrogen-bond acceptors (Lipinski definition) is 5. The highest BCUT2D eigenvalue weighted by atomic mass is 32.1. The molecule has 1 fully saturated rings. The van der Waals surface area contributed by atoms with E-state index in [2.05, 4.69) is 39.5 Å². The van der Waals surface area contributed by atoms with Crippen LogP contribution in [0.1, 0.15) is 19.3 Å². The third kappa shape index (κ3) is 2.98. The minimum atomic E-state index is 0.729. The summed E-state index contributed by atoms with van der Waals surface area (Å²) >= 11 is 1.46. The van der Waals surface area contributed by atoms with Gasteiger partial charge in [-0.2, -0.15) is 0 Å². The molecule has 3 rings (SSSR count). The number of nitrogens with zero attached hydrogens (tertiary/aromatic N) is 2. The Bertz CT molecular complexity index is 529. The molecule has 1 aliphatic heterocycles. The van der Waals surface area contributed by atoms with Crippen molar-refractivity contribution in [2.45, 2.75) is 19.3 Å². The third-order valence-electron chi connectivity index (χ3n) is 3.36. The molecular weight excluding hydrogens is 256 g/mol. The van der Waals surface area contributed by atoms with Gasteiger partial charge in [0.2, 0.25) is 0 Å². The lowest BCUT2D eigenvalue weighted by atomic mass is 10.1. The van der Waals surface area contributed by atoms with Crippen molar-refractivity contribution >= 4 is 32.8 Å². The second-order valence-corrected chi connectivity index (χ2v) is 5.85. The van der Waals surface area contributed by atoms with Gasteiger partial charge < -0.3 is 16.0 Å². The summed E-state index contributed by atoms with van der Waals surface area (Å²) in [6, 6.07) is 8.54. The molecule has 0 radical (unpaired) electrons. The summed E-state index contributed by atoms with van der Waals surface area (Å²) in [5, 5.41) is 4.83. The summed E-state index contributed by atoms with van der Waals surface area (Å²) < 4.78 is 0. The smallest absolute Gasteiger partial charge is 0.189 e. The van der Waals surface area contributed by atoms with E-state index in [9.17, 15) is 0 Å². The first kappa shape index (κ1) is 12.3. The number of nitrogens with two attached hydrogens (primary N) is 1. The van der Waals surface area contributed by atoms with Crippen molar-refractivity contribution < 1.29 is 0 Å². The van der Waals surface area contributed by atoms with E-state index in [1.807, 2.05) is 0 Å². The van der Waals surface area contributed by atoms with Gasteiger partial charge in [0, 0.05) is 24.5 Å². The van der Waals surface area contributed by atoms with E-state index < -0.39 is 0 Å². The fourth-order valence-corrected chi connectivity index (χ4v) is 2.98. The molecule has 0 atom stereocenters. The highest BCUT2D eigenvalue weighted by Crippen LogP contribution is 2.26. The quantitative estimate of drug-likeness (QED) is 0.900. The van der Waals surface area contributed by atoms with Crippen LogP contribution in [0, 0.1) is 0 Å². The van der Waals surface area contributed by atoms with Gasteiger partial charge in [-0.1, -0.05) is 11.3 Å². The van der Waals surface area contributed by atoms with Crippen LogP contribution in [-0.2, 0) is 0 Å². The van der Waals surface area contributed by atoms with Gasteiger partial charge in [0.05, 0.1) is 6.20 Å². The van der Waals surface area contributed by atoms with E-state index in [-0.39, 0.29) is 0 Å². The van der Waals surface area contributed by atoms with Crippen LogP contribution in [0.5, 0.6) is 0 Å². The van der Waals surface area contributed by atoms with Gasteiger partial charge >= 0.3 is 0 Å². The lowest BCUT2D eigenvalue weighted by Crippen LogP contribution is -2.29. The summed E-state index contributed by atoms with van der Waals surface area (Å²) in [7, 11) is 0. The lowest BCUT2D eigenvalue weighted by Gasteiger charge is -2.28. The third-order valence-corrected chi connectivity index (χ3v) is 4.11. The standard InChI is InChI=1S/C14H18N4S/c15-13-10-16-14(19-13)17-11-4-6-12(7-5-11)18-8-2-1-3-9-18/h4-7,10H,1-3,8-9,15H2,(H,16,17). The molecule has 2 heterocycles. The molecule has 19 heavy (non-hydrogen) atoms. The van der Waals surface area contributed by atoms with Crippen molar-refractivity contribution in [3.8, 4) is 0 Å². The predicted octanol–water partition coefficient (Wildman–Crippen LogP) is 3.46. The molecule has 1 aromatic carbocycles. The molecule has 1 aromatic heterocycles. The Kier molecular flexibility index (Phi) is 3.55. The van der Waals surface area contributed by atoms with Crippen molar-refractivity contribution in [2.75, 3.05) is 29.0 Å². The largest absolute Gasteiger partial charge is 0.389 e. The molecule has 0 spiro atoms. The van der Waals surface area contributed by atoms with Crippen LogP contribution in [0.2, 0.25) is 0 Å². The summed E-state index contributed by atoms with van der Waals surface area (Å²) in [6.45, 7) is 2.35. The maximum atomic E-state index is 5.66. The van der Waals surface area contributed by atoms with E-state index >= 15 is 0 Å². The molecule has 1 aliphatic rings. The van der Waals surface area contributed by atoms with Gasteiger partial charge in [-0.25, -0.2) is 4.98 Å². The summed E-state index contributed by atoms with van der Waals surface area (Å²) in [6.07, 6.45) is 5.65. The first-order chi connectivity index (χ1) is 9.31. The van der Waals surface area contributed by atoms with Gasteiger partial charge in [0.25, 0.3) is 0 Å². The highest BCUT2D eigenvalue weighted by molar-refractivity contribution is 7.19. The van der Waals surface area contributed by atoms with E-state index in [0.717, 1.165) is 15.8 Å². The van der Waals surface area contributed by atoms with Crippen molar-refractivity contribution in [1.29, 1.82) is 0 Å². The van der Waals surface area contributed by atoms with Crippen molar-refractivity contribution in [3.05, 3.63) is 30.5 Å². The average Bonchev–Trinajstić information content (AvgIpc) is 2.86. The number of hydrogen-bond donors (Lipinski definition) is 2. The Morgan fingerprint density at radius 3 is 2.47 bits per heavy atom. The molecule has 4 nitrogen and oxygen atoms in total. The Balaban J connectivity index is 1.68. The average molecular weight is 274 g/mol. The monoisotopic (exact) mass is 274 g/mol. The minimum Gasteiger partial charge on any atom is -0.389 e. The van der Waals surface area contributed by atoms with Gasteiger partial charge in [-0.05, 0) is 43.5 Å². The second-order valence-electron chi connectivity index (χ2n) is 4.79. The zero-order chi connectivity index (χ0) is 13.1. The van der Waals surface area contributed by atoms with Crippen LogP contribution in [-0.4, -0.2) is 18.1 Å². The summed E-state index contributed by atoms with van der Waals surface area (Å²) in [5.41, 5.74) is 8.02.